The van der Waals surface area contributed by atoms with Crippen LogP contribution in [0, 0.1) is 11.8 Å². The van der Waals surface area contributed by atoms with Gasteiger partial charge in [-0.05, 0) is 43.5 Å². The van der Waals surface area contributed by atoms with E-state index in [0.29, 0.717) is 17.9 Å². The van der Waals surface area contributed by atoms with Crippen LogP contribution in [0.15, 0.2) is 24.3 Å². The van der Waals surface area contributed by atoms with Crippen LogP contribution in [-0.4, -0.2) is 20.1 Å². The van der Waals surface area contributed by atoms with Crippen LogP contribution < -0.4 is 10.2 Å². The van der Waals surface area contributed by atoms with E-state index >= 15 is 0 Å². The number of nitrogens with one attached hydrogen (secondary N) is 1. The van der Waals surface area contributed by atoms with Crippen LogP contribution in [0.5, 0.6) is 0 Å². The van der Waals surface area contributed by atoms with Crippen LogP contribution in [0.1, 0.15) is 46.2 Å². The Morgan fingerprint density at radius 2 is 1.37 bits per heavy atom. The summed E-state index contributed by atoms with van der Waals surface area (Å²) in [4.78, 5) is 2.50. The number of benzene rings is 1. The minimum atomic E-state index is 0.415. The first-order valence-electron chi connectivity index (χ1n) is 7.46. The van der Waals surface area contributed by atoms with Gasteiger partial charge in [-0.25, -0.2) is 0 Å². The molecule has 0 aromatic heterocycles. The van der Waals surface area contributed by atoms with Crippen molar-refractivity contribution in [3.8, 4) is 0 Å². The standard InChI is InChI=1S/C17H30N2/c1-13(2)11-19(12-14(3)4)17-9-7-16(8-10-17)15(5)18-6/h7-10,13-15,18H,11-12H2,1-6H3. The number of anilines is 1. The van der Waals surface area contributed by atoms with Gasteiger partial charge in [0.15, 0.2) is 0 Å². The van der Waals surface area contributed by atoms with E-state index in [1.807, 2.05) is 7.05 Å². The molecule has 0 radical (unpaired) electrons. The molecule has 1 aromatic carbocycles. The van der Waals surface area contributed by atoms with Gasteiger partial charge in [-0.3, -0.25) is 0 Å². The first-order chi connectivity index (χ1) is 8.93. The Morgan fingerprint density at radius 1 is 0.895 bits per heavy atom. The number of hydrogen-bond donors (Lipinski definition) is 1. The van der Waals surface area contributed by atoms with Crippen LogP contribution in [0.3, 0.4) is 0 Å². The molecule has 0 aliphatic rings. The molecule has 0 heterocycles. The molecule has 0 saturated carbocycles. The Hall–Kier alpha value is -1.02. The first kappa shape index (κ1) is 16.0. The second-order valence-corrected chi connectivity index (χ2v) is 6.29. The molecule has 2 nitrogen and oxygen atoms in total. The van der Waals surface area contributed by atoms with Gasteiger partial charge in [-0.1, -0.05) is 39.8 Å². The fourth-order valence-electron chi connectivity index (χ4n) is 2.31. The van der Waals surface area contributed by atoms with Gasteiger partial charge in [0.2, 0.25) is 0 Å². The summed E-state index contributed by atoms with van der Waals surface area (Å²) in [5.41, 5.74) is 2.69. The maximum atomic E-state index is 3.28. The second kappa shape index (κ2) is 7.54. The van der Waals surface area contributed by atoms with Crippen molar-refractivity contribution in [2.75, 3.05) is 25.0 Å². The zero-order chi connectivity index (χ0) is 14.4. The molecule has 0 aliphatic carbocycles. The van der Waals surface area contributed by atoms with Crippen molar-refractivity contribution >= 4 is 5.69 Å². The van der Waals surface area contributed by atoms with Gasteiger partial charge in [0.25, 0.3) is 0 Å². The van der Waals surface area contributed by atoms with Crippen molar-refractivity contribution < 1.29 is 0 Å². The van der Waals surface area contributed by atoms with E-state index in [1.165, 1.54) is 11.3 Å². The minimum absolute atomic E-state index is 0.415. The van der Waals surface area contributed by atoms with Gasteiger partial charge in [-0.15, -0.1) is 0 Å². The van der Waals surface area contributed by atoms with Crippen LogP contribution in [0.2, 0.25) is 0 Å². The largest absolute Gasteiger partial charge is 0.371 e. The first-order valence-corrected chi connectivity index (χ1v) is 7.46. The Morgan fingerprint density at radius 3 is 1.74 bits per heavy atom. The normalized spacial score (nSPS) is 13.1. The van der Waals surface area contributed by atoms with E-state index in [1.54, 1.807) is 0 Å². The Balaban J connectivity index is 2.84. The molecular formula is C17H30N2. The van der Waals surface area contributed by atoms with Gasteiger partial charge < -0.3 is 10.2 Å². The Bertz CT molecular complexity index is 344. The smallest absolute Gasteiger partial charge is 0.0366 e. The lowest BCUT2D eigenvalue weighted by Crippen LogP contribution is -2.31. The third-order valence-electron chi connectivity index (χ3n) is 3.36. The maximum Gasteiger partial charge on any atom is 0.0366 e. The predicted molar refractivity (Wildman–Crippen MR) is 85.8 cm³/mol. The molecule has 0 spiro atoms. The summed E-state index contributed by atoms with van der Waals surface area (Å²) in [6, 6.07) is 9.41. The van der Waals surface area contributed by atoms with Crippen molar-refractivity contribution in [2.45, 2.75) is 40.7 Å². The summed E-state index contributed by atoms with van der Waals surface area (Å²) < 4.78 is 0. The van der Waals surface area contributed by atoms with Crippen molar-refractivity contribution in [3.05, 3.63) is 29.8 Å². The fraction of sp³-hybridized carbons (Fsp3) is 0.647. The van der Waals surface area contributed by atoms with E-state index in [0.717, 1.165) is 13.1 Å². The summed E-state index contributed by atoms with van der Waals surface area (Å²) >= 11 is 0. The van der Waals surface area contributed by atoms with Crippen LogP contribution in [-0.2, 0) is 0 Å². The fourth-order valence-corrected chi connectivity index (χ4v) is 2.31. The Labute approximate surface area is 119 Å². The number of rotatable bonds is 7. The zero-order valence-corrected chi connectivity index (χ0v) is 13.4. The molecule has 2 heteroatoms. The lowest BCUT2D eigenvalue weighted by atomic mass is 10.1. The monoisotopic (exact) mass is 262 g/mol. The van der Waals surface area contributed by atoms with Crippen LogP contribution >= 0.6 is 0 Å². The molecule has 1 aromatic rings. The maximum absolute atomic E-state index is 3.28. The SMILES string of the molecule is CNC(C)c1ccc(N(CC(C)C)CC(C)C)cc1. The summed E-state index contributed by atoms with van der Waals surface area (Å²) in [5.74, 6) is 1.38. The molecular weight excluding hydrogens is 232 g/mol. The summed E-state index contributed by atoms with van der Waals surface area (Å²) in [5, 5.41) is 3.28. The van der Waals surface area contributed by atoms with Gasteiger partial charge in [0, 0.05) is 24.8 Å². The molecule has 108 valence electrons. The van der Waals surface area contributed by atoms with E-state index in [2.05, 4.69) is 69.1 Å². The summed E-state index contributed by atoms with van der Waals surface area (Å²) in [6.45, 7) is 13.6. The second-order valence-electron chi connectivity index (χ2n) is 6.29. The zero-order valence-electron chi connectivity index (χ0n) is 13.4. The molecule has 0 saturated heterocycles. The molecule has 1 unspecified atom stereocenters. The van der Waals surface area contributed by atoms with Gasteiger partial charge >= 0.3 is 0 Å². The number of nitrogens with zero attached hydrogens (tertiary/aromatic N) is 1. The molecule has 1 N–H and O–H groups in total. The lowest BCUT2D eigenvalue weighted by molar-refractivity contribution is 0.552. The molecule has 0 aliphatic heterocycles. The quantitative estimate of drug-likeness (QED) is 0.796. The average molecular weight is 262 g/mol. The van der Waals surface area contributed by atoms with E-state index < -0.39 is 0 Å². The van der Waals surface area contributed by atoms with Gasteiger partial charge in [0.1, 0.15) is 0 Å². The Kier molecular flexibility index (Phi) is 6.36. The van der Waals surface area contributed by atoms with Crippen molar-refractivity contribution in [3.63, 3.8) is 0 Å². The van der Waals surface area contributed by atoms with Crippen molar-refractivity contribution in [2.24, 2.45) is 11.8 Å². The molecule has 1 rings (SSSR count). The summed E-state index contributed by atoms with van der Waals surface area (Å²) in [7, 11) is 2.00. The predicted octanol–water partition coefficient (Wildman–Crippen LogP) is 4.09. The highest BCUT2D eigenvalue weighted by Crippen LogP contribution is 2.21. The van der Waals surface area contributed by atoms with Gasteiger partial charge in [-0.2, -0.15) is 0 Å². The summed E-state index contributed by atoms with van der Waals surface area (Å²) in [6.07, 6.45) is 0. The van der Waals surface area contributed by atoms with Crippen LogP contribution in [0.4, 0.5) is 5.69 Å². The topological polar surface area (TPSA) is 15.3 Å². The third-order valence-corrected chi connectivity index (χ3v) is 3.36. The van der Waals surface area contributed by atoms with E-state index in [4.69, 9.17) is 0 Å². The van der Waals surface area contributed by atoms with Crippen molar-refractivity contribution in [1.82, 2.24) is 5.32 Å². The molecule has 0 bridgehead atoms. The van der Waals surface area contributed by atoms with E-state index in [-0.39, 0.29) is 0 Å². The highest BCUT2D eigenvalue weighted by Gasteiger charge is 2.11. The van der Waals surface area contributed by atoms with Crippen molar-refractivity contribution in [1.29, 1.82) is 0 Å². The average Bonchev–Trinajstić information content (AvgIpc) is 2.36. The molecule has 19 heavy (non-hydrogen) atoms. The third kappa shape index (κ3) is 5.23. The molecule has 1 atom stereocenters. The highest BCUT2D eigenvalue weighted by molar-refractivity contribution is 5.48. The van der Waals surface area contributed by atoms with E-state index in [9.17, 15) is 0 Å². The van der Waals surface area contributed by atoms with Crippen LogP contribution in [0.25, 0.3) is 0 Å². The highest BCUT2D eigenvalue weighted by atomic mass is 15.1. The minimum Gasteiger partial charge on any atom is -0.371 e. The molecule has 0 fully saturated rings. The van der Waals surface area contributed by atoms with Gasteiger partial charge in [0.05, 0.1) is 0 Å². The molecule has 0 amide bonds. The lowest BCUT2D eigenvalue weighted by Gasteiger charge is -2.29. The number of hydrogen-bond acceptors (Lipinski definition) is 2.